The number of rotatable bonds is 12. The molecule has 0 atom stereocenters. The van der Waals surface area contributed by atoms with Gasteiger partial charge in [-0.25, -0.2) is 14.4 Å². The molecule has 0 bridgehead atoms. The van der Waals surface area contributed by atoms with Crippen molar-refractivity contribution in [3.63, 3.8) is 0 Å². The summed E-state index contributed by atoms with van der Waals surface area (Å²) in [6.07, 6.45) is 15.1. The quantitative estimate of drug-likeness (QED) is 0.430. The van der Waals surface area contributed by atoms with Crippen LogP contribution in [-0.4, -0.2) is 16.6 Å². The predicted molar refractivity (Wildman–Crippen MR) is 100 cm³/mol. The molecule has 0 unspecified atom stereocenters. The average Bonchev–Trinajstić information content (AvgIpc) is 2.64. The van der Waals surface area contributed by atoms with Gasteiger partial charge in [0.1, 0.15) is 5.82 Å². The highest BCUT2D eigenvalue weighted by Crippen LogP contribution is 2.17. The van der Waals surface area contributed by atoms with Crippen LogP contribution in [0.3, 0.4) is 0 Å². The van der Waals surface area contributed by atoms with Gasteiger partial charge in [-0.05, 0) is 30.7 Å². The molecule has 0 aliphatic rings. The summed E-state index contributed by atoms with van der Waals surface area (Å²) in [7, 11) is 0. The Kier molecular flexibility index (Phi) is 8.95. The molecule has 0 saturated heterocycles. The number of halogens is 1. The number of unbranched alkanes of at least 4 members (excludes halogenated alkanes) is 8. The topological polar surface area (TPSA) is 35.0 Å². The lowest BCUT2D eigenvalue weighted by Crippen LogP contribution is -1.99. The molecule has 2 rings (SSSR count). The largest absolute Gasteiger partial charge is 0.490 e. The highest BCUT2D eigenvalue weighted by atomic mass is 19.1. The lowest BCUT2D eigenvalue weighted by Gasteiger charge is -2.06. The minimum atomic E-state index is -0.260. The summed E-state index contributed by atoms with van der Waals surface area (Å²) < 4.78 is 18.6. The average molecular weight is 344 g/mol. The van der Waals surface area contributed by atoms with Crippen LogP contribution < -0.4 is 4.74 Å². The van der Waals surface area contributed by atoms with Crippen molar-refractivity contribution >= 4 is 0 Å². The summed E-state index contributed by atoms with van der Waals surface area (Å²) in [6, 6.07) is 6.17. The SMILES string of the molecule is CCCCCCCCCCCOc1cnc(-c2ccc(F)cc2)nc1. The molecular weight excluding hydrogens is 315 g/mol. The number of hydrogen-bond donors (Lipinski definition) is 0. The normalized spacial score (nSPS) is 10.8. The van der Waals surface area contributed by atoms with Crippen LogP contribution in [0.2, 0.25) is 0 Å². The zero-order valence-electron chi connectivity index (χ0n) is 15.2. The first kappa shape index (κ1) is 19.4. The van der Waals surface area contributed by atoms with Crippen molar-refractivity contribution in [2.45, 2.75) is 64.7 Å². The molecule has 0 aliphatic heterocycles. The third kappa shape index (κ3) is 7.63. The molecule has 0 N–H and O–H groups in total. The lowest BCUT2D eigenvalue weighted by atomic mass is 10.1. The van der Waals surface area contributed by atoms with Crippen LogP contribution in [0.25, 0.3) is 11.4 Å². The molecule has 1 heterocycles. The van der Waals surface area contributed by atoms with E-state index in [1.807, 2.05) is 0 Å². The maximum absolute atomic E-state index is 12.9. The second kappa shape index (κ2) is 11.6. The molecule has 0 aliphatic carbocycles. The first-order chi connectivity index (χ1) is 12.3. The second-order valence-corrected chi connectivity index (χ2v) is 6.43. The van der Waals surface area contributed by atoms with Gasteiger partial charge < -0.3 is 4.74 Å². The van der Waals surface area contributed by atoms with E-state index in [1.54, 1.807) is 24.5 Å². The molecule has 1 aromatic heterocycles. The Bertz CT molecular complexity index is 584. The van der Waals surface area contributed by atoms with Gasteiger partial charge in [0.15, 0.2) is 11.6 Å². The van der Waals surface area contributed by atoms with E-state index in [-0.39, 0.29) is 5.82 Å². The molecule has 0 radical (unpaired) electrons. The van der Waals surface area contributed by atoms with Crippen molar-refractivity contribution in [1.29, 1.82) is 0 Å². The third-order valence-electron chi connectivity index (χ3n) is 4.25. The van der Waals surface area contributed by atoms with Crippen LogP contribution >= 0.6 is 0 Å². The van der Waals surface area contributed by atoms with Crippen molar-refractivity contribution in [3.8, 4) is 17.1 Å². The molecule has 4 heteroatoms. The van der Waals surface area contributed by atoms with E-state index >= 15 is 0 Å². The molecule has 1 aromatic carbocycles. The second-order valence-electron chi connectivity index (χ2n) is 6.43. The van der Waals surface area contributed by atoms with Crippen molar-refractivity contribution in [2.24, 2.45) is 0 Å². The van der Waals surface area contributed by atoms with Gasteiger partial charge in [-0.3, -0.25) is 0 Å². The number of aromatic nitrogens is 2. The van der Waals surface area contributed by atoms with Gasteiger partial charge in [-0.15, -0.1) is 0 Å². The molecule has 0 spiro atoms. The van der Waals surface area contributed by atoms with E-state index in [2.05, 4.69) is 16.9 Å². The highest BCUT2D eigenvalue weighted by Gasteiger charge is 2.02. The molecule has 0 amide bonds. The molecule has 0 fully saturated rings. The van der Waals surface area contributed by atoms with Crippen LogP contribution in [0.4, 0.5) is 4.39 Å². The summed E-state index contributed by atoms with van der Waals surface area (Å²) in [5.74, 6) is 1.01. The van der Waals surface area contributed by atoms with Crippen molar-refractivity contribution in [2.75, 3.05) is 6.61 Å². The lowest BCUT2D eigenvalue weighted by molar-refractivity contribution is 0.302. The summed E-state index contributed by atoms with van der Waals surface area (Å²) in [6.45, 7) is 2.95. The predicted octanol–water partition coefficient (Wildman–Crippen LogP) is 6.19. The number of hydrogen-bond acceptors (Lipinski definition) is 3. The van der Waals surface area contributed by atoms with Crippen molar-refractivity contribution < 1.29 is 9.13 Å². The number of nitrogens with zero attached hydrogens (tertiary/aromatic N) is 2. The van der Waals surface area contributed by atoms with Gasteiger partial charge in [-0.1, -0.05) is 58.3 Å². The van der Waals surface area contributed by atoms with Crippen LogP contribution in [0.15, 0.2) is 36.7 Å². The Balaban J connectivity index is 1.58. The first-order valence-electron chi connectivity index (χ1n) is 9.50. The third-order valence-corrected chi connectivity index (χ3v) is 4.25. The van der Waals surface area contributed by atoms with Crippen molar-refractivity contribution in [3.05, 3.63) is 42.5 Å². The molecule has 2 aromatic rings. The Morgan fingerprint density at radius 2 is 1.36 bits per heavy atom. The zero-order valence-corrected chi connectivity index (χ0v) is 15.2. The van der Waals surface area contributed by atoms with Gasteiger partial charge in [0.2, 0.25) is 0 Å². The first-order valence-corrected chi connectivity index (χ1v) is 9.50. The van der Waals surface area contributed by atoms with E-state index in [9.17, 15) is 4.39 Å². The van der Waals surface area contributed by atoms with Gasteiger partial charge >= 0.3 is 0 Å². The summed E-state index contributed by atoms with van der Waals surface area (Å²) in [5, 5.41) is 0. The van der Waals surface area contributed by atoms with E-state index in [0.717, 1.165) is 12.0 Å². The van der Waals surface area contributed by atoms with E-state index in [0.29, 0.717) is 18.2 Å². The van der Waals surface area contributed by atoms with Crippen LogP contribution in [-0.2, 0) is 0 Å². The minimum Gasteiger partial charge on any atom is -0.490 e. The van der Waals surface area contributed by atoms with E-state index in [4.69, 9.17) is 4.74 Å². The van der Waals surface area contributed by atoms with Gasteiger partial charge in [0, 0.05) is 5.56 Å². The smallest absolute Gasteiger partial charge is 0.159 e. The maximum Gasteiger partial charge on any atom is 0.159 e. The minimum absolute atomic E-state index is 0.260. The Labute approximate surface area is 150 Å². The number of ether oxygens (including phenoxy) is 1. The summed E-state index contributed by atoms with van der Waals surface area (Å²) in [4.78, 5) is 8.57. The fraction of sp³-hybridized carbons (Fsp3) is 0.524. The Morgan fingerprint density at radius 1 is 0.800 bits per heavy atom. The Morgan fingerprint density at radius 3 is 1.96 bits per heavy atom. The standard InChI is InChI=1S/C21H29FN2O/c1-2-3-4-5-6-7-8-9-10-15-25-20-16-23-21(24-17-20)18-11-13-19(22)14-12-18/h11-14,16-17H,2-10,15H2,1H3. The maximum atomic E-state index is 12.9. The van der Waals surface area contributed by atoms with Gasteiger partial charge in [0.05, 0.1) is 19.0 Å². The highest BCUT2D eigenvalue weighted by molar-refractivity contribution is 5.54. The monoisotopic (exact) mass is 344 g/mol. The van der Waals surface area contributed by atoms with Gasteiger partial charge in [0.25, 0.3) is 0 Å². The zero-order chi connectivity index (χ0) is 17.7. The molecular formula is C21H29FN2O. The molecule has 25 heavy (non-hydrogen) atoms. The Hall–Kier alpha value is -1.97. The van der Waals surface area contributed by atoms with Crippen LogP contribution in [0, 0.1) is 5.82 Å². The van der Waals surface area contributed by atoms with E-state index in [1.165, 1.54) is 63.5 Å². The fourth-order valence-electron chi connectivity index (χ4n) is 2.74. The summed E-state index contributed by atoms with van der Waals surface area (Å²) >= 11 is 0. The molecule has 136 valence electrons. The van der Waals surface area contributed by atoms with Gasteiger partial charge in [-0.2, -0.15) is 0 Å². The van der Waals surface area contributed by atoms with Crippen LogP contribution in [0.1, 0.15) is 64.7 Å². The molecule has 0 saturated carbocycles. The summed E-state index contributed by atoms with van der Waals surface area (Å²) in [5.41, 5.74) is 0.798. The van der Waals surface area contributed by atoms with Crippen LogP contribution in [0.5, 0.6) is 5.75 Å². The fourth-order valence-corrected chi connectivity index (χ4v) is 2.74. The van der Waals surface area contributed by atoms with Crippen molar-refractivity contribution in [1.82, 2.24) is 9.97 Å². The number of benzene rings is 1. The van der Waals surface area contributed by atoms with E-state index < -0.39 is 0 Å². The molecule has 3 nitrogen and oxygen atoms in total.